The van der Waals surface area contributed by atoms with Crippen molar-refractivity contribution in [2.75, 3.05) is 5.32 Å². The zero-order valence-corrected chi connectivity index (χ0v) is 10.1. The van der Waals surface area contributed by atoms with Gasteiger partial charge in [-0.25, -0.2) is 0 Å². The first-order valence-electron chi connectivity index (χ1n) is 5.93. The maximum absolute atomic E-state index is 10.7. The van der Waals surface area contributed by atoms with Crippen LogP contribution >= 0.6 is 0 Å². The molecule has 1 amide bonds. The third kappa shape index (κ3) is 3.63. The summed E-state index contributed by atoms with van der Waals surface area (Å²) in [5.41, 5.74) is 8.33. The Hall–Kier alpha value is -2.29. The second kappa shape index (κ2) is 5.87. The molecule has 0 aliphatic rings. The molecule has 0 heterocycles. The Bertz CT molecular complexity index is 506. The number of primary amides is 1. The summed E-state index contributed by atoms with van der Waals surface area (Å²) in [6.45, 7) is 0. The Morgan fingerprint density at radius 1 is 0.944 bits per heavy atom. The van der Waals surface area contributed by atoms with Gasteiger partial charge >= 0.3 is 0 Å². The molecule has 2 aromatic rings. The average Bonchev–Trinajstić information content (AvgIpc) is 2.39. The molecule has 0 radical (unpaired) electrons. The number of carbonyl (C=O) groups is 1. The summed E-state index contributed by atoms with van der Waals surface area (Å²) in [5.74, 6) is -0.263. The fraction of sp³-hybridized carbons (Fsp3) is 0.133. The molecule has 0 bridgehead atoms. The van der Waals surface area contributed by atoms with Crippen molar-refractivity contribution >= 4 is 17.3 Å². The second-order valence-corrected chi connectivity index (χ2v) is 4.15. The summed E-state index contributed by atoms with van der Waals surface area (Å²) in [7, 11) is 0. The first-order chi connectivity index (χ1) is 8.74. The molecular weight excluding hydrogens is 224 g/mol. The first kappa shape index (κ1) is 12.2. The highest BCUT2D eigenvalue weighted by atomic mass is 16.1. The molecule has 2 rings (SSSR count). The van der Waals surface area contributed by atoms with Crippen LogP contribution in [0.2, 0.25) is 0 Å². The molecule has 0 unspecified atom stereocenters. The third-order valence-electron chi connectivity index (χ3n) is 2.68. The average molecular weight is 240 g/mol. The fourth-order valence-electron chi connectivity index (χ4n) is 1.71. The van der Waals surface area contributed by atoms with Gasteiger partial charge in [0.1, 0.15) is 0 Å². The van der Waals surface area contributed by atoms with Gasteiger partial charge in [-0.05, 0) is 36.2 Å². The molecule has 3 N–H and O–H groups in total. The summed E-state index contributed by atoms with van der Waals surface area (Å²) in [4.78, 5) is 10.7. The van der Waals surface area contributed by atoms with Crippen LogP contribution in [-0.4, -0.2) is 5.91 Å². The van der Waals surface area contributed by atoms with Crippen molar-refractivity contribution < 1.29 is 4.79 Å². The van der Waals surface area contributed by atoms with Gasteiger partial charge in [-0.1, -0.05) is 30.3 Å². The van der Waals surface area contributed by atoms with Crippen molar-refractivity contribution in [3.05, 3.63) is 60.2 Å². The number of anilines is 2. The van der Waals surface area contributed by atoms with E-state index in [-0.39, 0.29) is 5.91 Å². The highest BCUT2D eigenvalue weighted by Crippen LogP contribution is 2.17. The standard InChI is InChI=1S/C15H16N2O/c16-15(18)11-8-12-6-9-14(10-7-12)17-13-4-2-1-3-5-13/h1-7,9-10,17H,8,11H2,(H2,16,18). The molecule has 0 spiro atoms. The van der Waals surface area contributed by atoms with Crippen molar-refractivity contribution in [1.29, 1.82) is 0 Å². The molecule has 0 aromatic heterocycles. The van der Waals surface area contributed by atoms with Gasteiger partial charge in [-0.3, -0.25) is 4.79 Å². The van der Waals surface area contributed by atoms with E-state index in [0.717, 1.165) is 16.9 Å². The van der Waals surface area contributed by atoms with Crippen LogP contribution in [0, 0.1) is 0 Å². The number of benzene rings is 2. The van der Waals surface area contributed by atoms with Crippen LogP contribution in [-0.2, 0) is 11.2 Å². The molecule has 0 saturated carbocycles. The molecular formula is C15H16N2O. The van der Waals surface area contributed by atoms with E-state index in [4.69, 9.17) is 5.73 Å². The maximum Gasteiger partial charge on any atom is 0.217 e. The van der Waals surface area contributed by atoms with Crippen LogP contribution in [0.3, 0.4) is 0 Å². The van der Waals surface area contributed by atoms with Gasteiger partial charge in [0.2, 0.25) is 5.91 Å². The molecule has 3 heteroatoms. The van der Waals surface area contributed by atoms with Gasteiger partial charge < -0.3 is 11.1 Å². The van der Waals surface area contributed by atoms with E-state index < -0.39 is 0 Å². The Labute approximate surface area is 107 Å². The minimum absolute atomic E-state index is 0.263. The van der Waals surface area contributed by atoms with E-state index in [2.05, 4.69) is 5.32 Å². The van der Waals surface area contributed by atoms with Gasteiger partial charge in [0.15, 0.2) is 0 Å². The predicted molar refractivity (Wildman–Crippen MR) is 73.7 cm³/mol. The third-order valence-corrected chi connectivity index (χ3v) is 2.68. The molecule has 0 aliphatic heterocycles. The quantitative estimate of drug-likeness (QED) is 0.844. The van der Waals surface area contributed by atoms with Crippen LogP contribution in [0.4, 0.5) is 11.4 Å². The molecule has 0 fully saturated rings. The van der Waals surface area contributed by atoms with E-state index in [9.17, 15) is 4.79 Å². The van der Waals surface area contributed by atoms with Gasteiger partial charge in [0.05, 0.1) is 0 Å². The normalized spacial score (nSPS) is 10.0. The number of amides is 1. The van der Waals surface area contributed by atoms with Crippen molar-refractivity contribution in [1.82, 2.24) is 0 Å². The molecule has 0 saturated heterocycles. The maximum atomic E-state index is 10.7. The van der Waals surface area contributed by atoms with Crippen molar-refractivity contribution in [2.24, 2.45) is 5.73 Å². The van der Waals surface area contributed by atoms with E-state index in [1.54, 1.807) is 0 Å². The summed E-state index contributed by atoms with van der Waals surface area (Å²) >= 11 is 0. The van der Waals surface area contributed by atoms with Gasteiger partial charge in [-0.15, -0.1) is 0 Å². The van der Waals surface area contributed by atoms with Crippen LogP contribution in [0.15, 0.2) is 54.6 Å². The highest BCUT2D eigenvalue weighted by molar-refractivity contribution is 5.74. The minimum atomic E-state index is -0.263. The predicted octanol–water partition coefficient (Wildman–Crippen LogP) is 2.85. The number of rotatable bonds is 5. The number of nitrogens with one attached hydrogen (secondary N) is 1. The van der Waals surface area contributed by atoms with Crippen LogP contribution in [0.25, 0.3) is 0 Å². The van der Waals surface area contributed by atoms with Crippen molar-refractivity contribution in [3.63, 3.8) is 0 Å². The highest BCUT2D eigenvalue weighted by Gasteiger charge is 1.98. The molecule has 2 aromatic carbocycles. The summed E-state index contributed by atoms with van der Waals surface area (Å²) in [6.07, 6.45) is 1.09. The van der Waals surface area contributed by atoms with E-state index in [1.807, 2.05) is 54.6 Å². The lowest BCUT2D eigenvalue weighted by molar-refractivity contribution is -0.117. The largest absolute Gasteiger partial charge is 0.370 e. The summed E-state index contributed by atoms with van der Waals surface area (Å²) in [5, 5.41) is 3.30. The molecule has 92 valence electrons. The van der Waals surface area contributed by atoms with Crippen LogP contribution in [0.5, 0.6) is 0 Å². The monoisotopic (exact) mass is 240 g/mol. The van der Waals surface area contributed by atoms with E-state index >= 15 is 0 Å². The lowest BCUT2D eigenvalue weighted by Crippen LogP contribution is -2.11. The molecule has 0 atom stereocenters. The van der Waals surface area contributed by atoms with E-state index in [1.165, 1.54) is 0 Å². The zero-order chi connectivity index (χ0) is 12.8. The first-order valence-corrected chi connectivity index (χ1v) is 5.93. The number of nitrogens with two attached hydrogens (primary N) is 1. The van der Waals surface area contributed by atoms with Crippen molar-refractivity contribution in [3.8, 4) is 0 Å². The van der Waals surface area contributed by atoms with Crippen molar-refractivity contribution in [2.45, 2.75) is 12.8 Å². The zero-order valence-electron chi connectivity index (χ0n) is 10.1. The smallest absolute Gasteiger partial charge is 0.217 e. The van der Waals surface area contributed by atoms with Crippen LogP contribution in [0.1, 0.15) is 12.0 Å². The number of para-hydroxylation sites is 1. The Morgan fingerprint density at radius 3 is 2.17 bits per heavy atom. The van der Waals surface area contributed by atoms with Gasteiger partial charge in [0, 0.05) is 17.8 Å². The fourth-order valence-corrected chi connectivity index (χ4v) is 1.71. The SMILES string of the molecule is NC(=O)CCc1ccc(Nc2ccccc2)cc1. The van der Waals surface area contributed by atoms with Gasteiger partial charge in [-0.2, -0.15) is 0 Å². The number of hydrogen-bond donors (Lipinski definition) is 2. The lowest BCUT2D eigenvalue weighted by atomic mass is 10.1. The lowest BCUT2D eigenvalue weighted by Gasteiger charge is -2.07. The number of aryl methyl sites for hydroxylation is 1. The molecule has 3 nitrogen and oxygen atoms in total. The Kier molecular flexibility index (Phi) is 3.97. The number of hydrogen-bond acceptors (Lipinski definition) is 2. The Morgan fingerprint density at radius 2 is 1.56 bits per heavy atom. The van der Waals surface area contributed by atoms with Gasteiger partial charge in [0.25, 0.3) is 0 Å². The summed E-state index contributed by atoms with van der Waals surface area (Å²) < 4.78 is 0. The van der Waals surface area contributed by atoms with Crippen LogP contribution < -0.4 is 11.1 Å². The minimum Gasteiger partial charge on any atom is -0.370 e. The second-order valence-electron chi connectivity index (χ2n) is 4.15. The Balaban J connectivity index is 1.97. The molecule has 18 heavy (non-hydrogen) atoms. The summed E-state index contributed by atoms with van der Waals surface area (Å²) in [6, 6.07) is 18.0. The molecule has 0 aliphatic carbocycles. The van der Waals surface area contributed by atoms with E-state index in [0.29, 0.717) is 12.8 Å². The topological polar surface area (TPSA) is 55.1 Å². The number of carbonyl (C=O) groups excluding carboxylic acids is 1.